The van der Waals surface area contributed by atoms with E-state index < -0.39 is 0 Å². The van der Waals surface area contributed by atoms with Gasteiger partial charge < -0.3 is 15.4 Å². The minimum absolute atomic E-state index is 0. The summed E-state index contributed by atoms with van der Waals surface area (Å²) in [7, 11) is 0. The van der Waals surface area contributed by atoms with Gasteiger partial charge in [-0.25, -0.2) is 4.98 Å². The van der Waals surface area contributed by atoms with Gasteiger partial charge in [-0.2, -0.15) is 0 Å². The summed E-state index contributed by atoms with van der Waals surface area (Å²) in [6.07, 6.45) is 0. The minimum atomic E-state index is -0.152. The third-order valence-electron chi connectivity index (χ3n) is 5.83. The number of morpholine rings is 1. The van der Waals surface area contributed by atoms with Gasteiger partial charge in [0.05, 0.1) is 31.4 Å². The number of nitrogens with one attached hydrogen (secondary N) is 2. The molecule has 1 saturated heterocycles. The van der Waals surface area contributed by atoms with Crippen molar-refractivity contribution in [1.82, 2.24) is 9.88 Å². The zero-order valence-corrected chi connectivity index (χ0v) is 19.8. The van der Waals surface area contributed by atoms with Crippen molar-refractivity contribution in [3.8, 4) is 21.8 Å². The van der Waals surface area contributed by atoms with E-state index in [1.807, 2.05) is 54.8 Å². The number of thiazole rings is 1. The molecule has 9 heteroatoms. The average molecular weight is 485 g/mol. The first-order chi connectivity index (χ1) is 15.6. The van der Waals surface area contributed by atoms with Crippen molar-refractivity contribution in [2.45, 2.75) is 12.8 Å². The number of halogens is 1. The molecule has 2 aromatic carbocycles. The fourth-order valence-electron chi connectivity index (χ4n) is 4.01. The maximum absolute atomic E-state index is 12.4. The van der Waals surface area contributed by atoms with Gasteiger partial charge in [0.15, 0.2) is 0 Å². The summed E-state index contributed by atoms with van der Waals surface area (Å²) in [5.41, 5.74) is 5.46. The lowest BCUT2D eigenvalue weighted by molar-refractivity contribution is -0.118. The van der Waals surface area contributed by atoms with Gasteiger partial charge in [0, 0.05) is 41.0 Å². The van der Waals surface area contributed by atoms with Gasteiger partial charge in [-0.3, -0.25) is 14.5 Å². The molecule has 2 aliphatic rings. The van der Waals surface area contributed by atoms with Crippen LogP contribution in [-0.4, -0.2) is 54.5 Å². The van der Waals surface area contributed by atoms with E-state index in [2.05, 4.69) is 15.5 Å². The van der Waals surface area contributed by atoms with Crippen molar-refractivity contribution in [3.63, 3.8) is 0 Å². The van der Waals surface area contributed by atoms with Crippen molar-refractivity contribution in [3.05, 3.63) is 53.4 Å². The van der Waals surface area contributed by atoms with Crippen molar-refractivity contribution >= 4 is 46.9 Å². The number of amides is 2. The Balaban J connectivity index is 0.00000259. The summed E-state index contributed by atoms with van der Waals surface area (Å²) < 4.78 is 5.33. The number of hydrogen-bond donors (Lipinski definition) is 2. The van der Waals surface area contributed by atoms with Gasteiger partial charge in [0.2, 0.25) is 11.8 Å². The van der Waals surface area contributed by atoms with E-state index in [0.29, 0.717) is 19.8 Å². The highest BCUT2D eigenvalue weighted by Crippen LogP contribution is 2.37. The fraction of sp³-hybridized carbons (Fsp3) is 0.292. The van der Waals surface area contributed by atoms with Crippen molar-refractivity contribution < 1.29 is 14.3 Å². The highest BCUT2D eigenvalue weighted by molar-refractivity contribution is 7.13. The van der Waals surface area contributed by atoms with Crippen molar-refractivity contribution in [1.29, 1.82) is 0 Å². The van der Waals surface area contributed by atoms with E-state index in [-0.39, 0.29) is 30.1 Å². The molecule has 5 rings (SSSR count). The number of benzene rings is 2. The summed E-state index contributed by atoms with van der Waals surface area (Å²) in [5, 5.41) is 8.80. The molecule has 2 N–H and O–H groups in total. The normalized spacial score (nSPS) is 17.7. The lowest BCUT2D eigenvalue weighted by Gasteiger charge is -2.25. The molecule has 172 valence electrons. The quantitative estimate of drug-likeness (QED) is 0.566. The first-order valence-corrected chi connectivity index (χ1v) is 11.6. The molecule has 0 radical (unpaired) electrons. The van der Waals surface area contributed by atoms with E-state index in [0.717, 1.165) is 51.9 Å². The zero-order valence-electron chi connectivity index (χ0n) is 18.2. The first kappa shape index (κ1) is 23.4. The number of hydrogen-bond acceptors (Lipinski definition) is 6. The van der Waals surface area contributed by atoms with Gasteiger partial charge in [0.1, 0.15) is 5.01 Å². The van der Waals surface area contributed by atoms with Crippen molar-refractivity contribution in [2.24, 2.45) is 0 Å². The topological polar surface area (TPSA) is 83.6 Å². The van der Waals surface area contributed by atoms with Crippen LogP contribution in [0.2, 0.25) is 0 Å². The lowest BCUT2D eigenvalue weighted by atomic mass is 9.99. The molecule has 1 unspecified atom stereocenters. The number of rotatable bonds is 5. The molecule has 7 nitrogen and oxygen atoms in total. The monoisotopic (exact) mass is 484 g/mol. The smallest absolute Gasteiger partial charge is 0.238 e. The van der Waals surface area contributed by atoms with E-state index in [4.69, 9.17) is 9.72 Å². The number of carbonyl (C=O) groups is 2. The average Bonchev–Trinajstić information content (AvgIpc) is 3.40. The third kappa shape index (κ3) is 5.09. The molecule has 1 fully saturated rings. The van der Waals surface area contributed by atoms with Crippen LogP contribution in [0.25, 0.3) is 21.8 Å². The molecule has 33 heavy (non-hydrogen) atoms. The number of carbonyl (C=O) groups excluding carboxylic acids is 2. The largest absolute Gasteiger partial charge is 0.379 e. The number of anilines is 2. The summed E-state index contributed by atoms with van der Waals surface area (Å²) in [4.78, 5) is 31.3. The van der Waals surface area contributed by atoms with E-state index in [1.54, 1.807) is 11.3 Å². The van der Waals surface area contributed by atoms with Gasteiger partial charge in [0.25, 0.3) is 0 Å². The summed E-state index contributed by atoms with van der Waals surface area (Å²) in [6, 6.07) is 13.7. The molecule has 3 heterocycles. The van der Waals surface area contributed by atoms with Crippen LogP contribution in [0.5, 0.6) is 0 Å². The molecule has 1 atom stereocenters. The molecular formula is C24H25ClN4O3S. The van der Waals surface area contributed by atoms with Crippen LogP contribution < -0.4 is 10.6 Å². The molecule has 0 saturated carbocycles. The Morgan fingerprint density at radius 2 is 2.03 bits per heavy atom. The molecule has 1 aromatic heterocycles. The molecule has 2 aliphatic heterocycles. The standard InChI is InChI=1S/C24H24N4O3S.ClH/c1-15-19-12-16(5-6-20(19)26-23(15)30)21-14-32-24(27-21)17-3-2-4-18(11-17)25-22(29)13-28-7-9-31-10-8-28;/h2-6,11-12,14-15H,7-10,13H2,1H3,(H,25,29)(H,26,30);1H. The number of aromatic nitrogens is 1. The van der Waals surface area contributed by atoms with Gasteiger partial charge in [-0.15, -0.1) is 23.7 Å². The summed E-state index contributed by atoms with van der Waals surface area (Å²) in [5.74, 6) is -0.149. The second-order valence-corrected chi connectivity index (χ2v) is 8.93. The van der Waals surface area contributed by atoms with Crippen LogP contribution in [-0.2, 0) is 14.3 Å². The Morgan fingerprint density at radius 1 is 1.21 bits per heavy atom. The zero-order chi connectivity index (χ0) is 22.1. The van der Waals surface area contributed by atoms with Gasteiger partial charge in [-0.1, -0.05) is 18.2 Å². The molecule has 2 amide bonds. The Bertz CT molecular complexity index is 1180. The molecule has 0 aliphatic carbocycles. The molecular weight excluding hydrogens is 460 g/mol. The van der Waals surface area contributed by atoms with E-state index in [1.165, 1.54) is 0 Å². The van der Waals surface area contributed by atoms with Crippen LogP contribution in [0.3, 0.4) is 0 Å². The minimum Gasteiger partial charge on any atom is -0.379 e. The Hall–Kier alpha value is -2.78. The predicted octanol–water partition coefficient (Wildman–Crippen LogP) is 4.23. The highest BCUT2D eigenvalue weighted by Gasteiger charge is 2.26. The Labute approximate surface area is 202 Å². The second kappa shape index (κ2) is 10.0. The van der Waals surface area contributed by atoms with Crippen LogP contribution in [0.4, 0.5) is 11.4 Å². The number of ether oxygens (including phenoxy) is 1. The molecule has 0 bridgehead atoms. The first-order valence-electron chi connectivity index (χ1n) is 10.7. The molecule has 3 aromatic rings. The van der Waals surface area contributed by atoms with Gasteiger partial charge >= 0.3 is 0 Å². The van der Waals surface area contributed by atoms with Crippen LogP contribution >= 0.6 is 23.7 Å². The number of nitrogens with zero attached hydrogens (tertiary/aromatic N) is 2. The number of fused-ring (bicyclic) bond motifs is 1. The Morgan fingerprint density at radius 3 is 2.85 bits per heavy atom. The van der Waals surface area contributed by atoms with E-state index in [9.17, 15) is 9.59 Å². The van der Waals surface area contributed by atoms with Crippen LogP contribution in [0, 0.1) is 0 Å². The van der Waals surface area contributed by atoms with Crippen molar-refractivity contribution in [2.75, 3.05) is 43.5 Å². The van der Waals surface area contributed by atoms with Gasteiger partial charge in [-0.05, 0) is 36.8 Å². The van der Waals surface area contributed by atoms with E-state index >= 15 is 0 Å². The third-order valence-corrected chi connectivity index (χ3v) is 6.72. The SMILES string of the molecule is CC1C(=O)Nc2ccc(-c3csc(-c4cccc(NC(=O)CN5CCOCC5)c4)n3)cc21.Cl. The van der Waals surface area contributed by atoms with Crippen LogP contribution in [0.1, 0.15) is 18.4 Å². The summed E-state index contributed by atoms with van der Waals surface area (Å²) >= 11 is 1.56. The maximum atomic E-state index is 12.4. The molecule has 0 spiro atoms. The second-order valence-electron chi connectivity index (χ2n) is 8.07. The fourth-order valence-corrected chi connectivity index (χ4v) is 4.83. The highest BCUT2D eigenvalue weighted by atomic mass is 35.5. The lowest BCUT2D eigenvalue weighted by Crippen LogP contribution is -2.41. The predicted molar refractivity (Wildman–Crippen MR) is 133 cm³/mol. The summed E-state index contributed by atoms with van der Waals surface area (Å²) in [6.45, 7) is 5.18. The maximum Gasteiger partial charge on any atom is 0.238 e. The Kier molecular flexibility index (Phi) is 7.09. The van der Waals surface area contributed by atoms with Crippen LogP contribution in [0.15, 0.2) is 47.8 Å².